The second kappa shape index (κ2) is 8.08. The molecule has 1 heterocycles. The third kappa shape index (κ3) is 4.05. The number of carbonyl (C=O) groups excluding carboxylic acids is 1. The number of pyridine rings is 1. The van der Waals surface area contributed by atoms with Gasteiger partial charge in [-0.2, -0.15) is 4.31 Å². The topological polar surface area (TPSA) is 79.4 Å². The van der Waals surface area contributed by atoms with Gasteiger partial charge in [-0.25, -0.2) is 8.42 Å². The summed E-state index contributed by atoms with van der Waals surface area (Å²) in [5.41, 5.74) is 2.14. The van der Waals surface area contributed by atoms with Gasteiger partial charge in [0, 0.05) is 36.8 Å². The Morgan fingerprint density at radius 2 is 1.79 bits per heavy atom. The largest absolute Gasteiger partial charge is 0.348 e. The van der Waals surface area contributed by atoms with E-state index in [2.05, 4.69) is 10.3 Å². The first-order valence-electron chi connectivity index (χ1n) is 8.99. The number of nitrogens with one attached hydrogen (secondary N) is 1. The number of sulfonamides is 1. The smallest absolute Gasteiger partial charge is 0.252 e. The van der Waals surface area contributed by atoms with E-state index in [4.69, 9.17) is 0 Å². The van der Waals surface area contributed by atoms with E-state index in [9.17, 15) is 13.2 Å². The summed E-state index contributed by atoms with van der Waals surface area (Å²) in [5.74, 6) is -0.199. The number of rotatable bonds is 6. The number of fused-ring (bicyclic) bond motifs is 1. The van der Waals surface area contributed by atoms with Gasteiger partial charge < -0.3 is 5.32 Å². The van der Waals surface area contributed by atoms with Crippen molar-refractivity contribution in [3.63, 3.8) is 0 Å². The lowest BCUT2D eigenvalue weighted by molar-refractivity contribution is 0.0952. The maximum absolute atomic E-state index is 12.6. The molecule has 0 bridgehead atoms. The van der Waals surface area contributed by atoms with Crippen LogP contribution in [0.25, 0.3) is 10.9 Å². The van der Waals surface area contributed by atoms with Crippen molar-refractivity contribution in [2.75, 3.05) is 7.05 Å². The van der Waals surface area contributed by atoms with Crippen LogP contribution in [0.15, 0.2) is 65.7 Å². The second-order valence-corrected chi connectivity index (χ2v) is 8.81. The van der Waals surface area contributed by atoms with Gasteiger partial charge in [-0.3, -0.25) is 9.78 Å². The van der Waals surface area contributed by atoms with E-state index in [1.54, 1.807) is 55.7 Å². The van der Waals surface area contributed by atoms with Crippen molar-refractivity contribution in [1.29, 1.82) is 0 Å². The molecule has 0 unspecified atom stereocenters. The van der Waals surface area contributed by atoms with Crippen LogP contribution < -0.4 is 5.32 Å². The lowest BCUT2D eigenvalue weighted by atomic mass is 10.1. The van der Waals surface area contributed by atoms with Crippen LogP contribution in [0.5, 0.6) is 0 Å². The van der Waals surface area contributed by atoms with Gasteiger partial charge in [0.2, 0.25) is 10.0 Å². The molecule has 28 heavy (non-hydrogen) atoms. The van der Waals surface area contributed by atoms with Crippen LogP contribution >= 0.6 is 0 Å². The van der Waals surface area contributed by atoms with Gasteiger partial charge in [0.1, 0.15) is 0 Å². The molecule has 0 radical (unpaired) electrons. The molecule has 2 aromatic carbocycles. The van der Waals surface area contributed by atoms with Crippen LogP contribution in [0.3, 0.4) is 0 Å². The predicted molar refractivity (Wildman–Crippen MR) is 109 cm³/mol. The fourth-order valence-corrected chi connectivity index (χ4v) is 4.17. The van der Waals surface area contributed by atoms with Crippen LogP contribution in [0.4, 0.5) is 0 Å². The van der Waals surface area contributed by atoms with E-state index in [0.29, 0.717) is 12.1 Å². The molecule has 146 valence electrons. The molecule has 0 aliphatic rings. The third-order valence-corrected chi connectivity index (χ3v) is 6.72. The van der Waals surface area contributed by atoms with Crippen LogP contribution in [0.2, 0.25) is 0 Å². The van der Waals surface area contributed by atoms with Crippen molar-refractivity contribution in [3.05, 3.63) is 71.9 Å². The molecule has 1 aromatic heterocycles. The van der Waals surface area contributed by atoms with Gasteiger partial charge in [0.15, 0.2) is 0 Å². The van der Waals surface area contributed by atoms with Gasteiger partial charge in [0.25, 0.3) is 5.91 Å². The predicted octanol–water partition coefficient (Wildman–Crippen LogP) is 3.19. The molecule has 6 nitrogen and oxygen atoms in total. The highest BCUT2D eigenvalue weighted by Gasteiger charge is 2.22. The monoisotopic (exact) mass is 397 g/mol. The van der Waals surface area contributed by atoms with E-state index in [1.807, 2.05) is 26.0 Å². The Hall–Kier alpha value is -2.77. The van der Waals surface area contributed by atoms with Crippen LogP contribution in [0, 0.1) is 0 Å². The van der Waals surface area contributed by atoms with Crippen molar-refractivity contribution >= 4 is 26.8 Å². The summed E-state index contributed by atoms with van der Waals surface area (Å²) in [6.45, 7) is 3.95. The van der Waals surface area contributed by atoms with Gasteiger partial charge in [-0.1, -0.05) is 24.3 Å². The fourth-order valence-electron chi connectivity index (χ4n) is 2.80. The Morgan fingerprint density at radius 3 is 2.46 bits per heavy atom. The number of carbonyl (C=O) groups is 1. The van der Waals surface area contributed by atoms with E-state index in [-0.39, 0.29) is 16.8 Å². The summed E-state index contributed by atoms with van der Waals surface area (Å²) < 4.78 is 26.4. The van der Waals surface area contributed by atoms with Crippen LogP contribution in [0.1, 0.15) is 29.8 Å². The first-order valence-corrected chi connectivity index (χ1v) is 10.4. The zero-order chi connectivity index (χ0) is 20.3. The number of aromatic nitrogens is 1. The Bertz CT molecular complexity index is 1090. The molecule has 1 amide bonds. The fraction of sp³-hybridized carbons (Fsp3) is 0.238. The molecule has 0 saturated carbocycles. The lowest BCUT2D eigenvalue weighted by Crippen LogP contribution is -2.33. The van der Waals surface area contributed by atoms with E-state index >= 15 is 0 Å². The number of amides is 1. The summed E-state index contributed by atoms with van der Waals surface area (Å²) in [6.07, 6.45) is 1.69. The maximum atomic E-state index is 12.6. The molecule has 0 spiro atoms. The highest BCUT2D eigenvalue weighted by atomic mass is 32.2. The molecular formula is C21H23N3O3S. The van der Waals surface area contributed by atoms with Gasteiger partial charge in [-0.05, 0) is 49.7 Å². The second-order valence-electron chi connectivity index (χ2n) is 6.82. The summed E-state index contributed by atoms with van der Waals surface area (Å²) in [4.78, 5) is 17.1. The molecule has 0 aliphatic heterocycles. The Labute approximate surface area is 165 Å². The summed E-state index contributed by atoms with van der Waals surface area (Å²) in [7, 11) is -1.95. The zero-order valence-electron chi connectivity index (χ0n) is 16.1. The first-order chi connectivity index (χ1) is 13.3. The molecular weight excluding hydrogens is 374 g/mol. The highest BCUT2D eigenvalue weighted by Crippen LogP contribution is 2.18. The Morgan fingerprint density at radius 1 is 1.07 bits per heavy atom. The number of hydrogen-bond donors (Lipinski definition) is 1. The average molecular weight is 398 g/mol. The van der Waals surface area contributed by atoms with E-state index in [1.165, 1.54) is 4.31 Å². The van der Waals surface area contributed by atoms with Crippen LogP contribution in [-0.4, -0.2) is 36.7 Å². The number of hydrogen-bond acceptors (Lipinski definition) is 4. The minimum absolute atomic E-state index is 0.126. The lowest BCUT2D eigenvalue weighted by Gasteiger charge is -2.21. The standard InChI is InChI=1S/C21H23N3O3S/c1-15(2)24(3)28(26,27)17-11-9-16(10-12-17)14-23-21(25)19-6-4-8-20-18(19)7-5-13-22-20/h4-13,15H,14H2,1-3H3,(H,23,25). The van der Waals surface area contributed by atoms with E-state index < -0.39 is 10.0 Å². The first kappa shape index (κ1) is 20.0. The SMILES string of the molecule is CC(C)N(C)S(=O)(=O)c1ccc(CNC(=O)c2cccc3ncccc23)cc1. The van der Waals surface area contributed by atoms with Gasteiger partial charge in [-0.15, -0.1) is 0 Å². The molecule has 3 rings (SSSR count). The minimum atomic E-state index is -3.51. The van der Waals surface area contributed by atoms with Crippen molar-refractivity contribution in [2.24, 2.45) is 0 Å². The highest BCUT2D eigenvalue weighted by molar-refractivity contribution is 7.89. The zero-order valence-corrected chi connectivity index (χ0v) is 16.9. The summed E-state index contributed by atoms with van der Waals surface area (Å²) >= 11 is 0. The molecule has 0 aliphatic carbocycles. The Balaban J connectivity index is 1.72. The minimum Gasteiger partial charge on any atom is -0.348 e. The summed E-state index contributed by atoms with van der Waals surface area (Å²) in [6, 6.07) is 15.5. The number of nitrogens with zero attached hydrogens (tertiary/aromatic N) is 2. The van der Waals surface area contributed by atoms with Crippen LogP contribution in [-0.2, 0) is 16.6 Å². The quantitative estimate of drug-likeness (QED) is 0.693. The normalized spacial score (nSPS) is 11.9. The molecule has 7 heteroatoms. The number of benzene rings is 2. The molecule has 0 saturated heterocycles. The van der Waals surface area contributed by atoms with Gasteiger partial charge in [0.05, 0.1) is 10.4 Å². The van der Waals surface area contributed by atoms with Gasteiger partial charge >= 0.3 is 0 Å². The summed E-state index contributed by atoms with van der Waals surface area (Å²) in [5, 5.41) is 3.67. The third-order valence-electron chi connectivity index (χ3n) is 4.67. The molecule has 0 fully saturated rings. The maximum Gasteiger partial charge on any atom is 0.252 e. The molecule has 0 atom stereocenters. The van der Waals surface area contributed by atoms with Crippen molar-refractivity contribution < 1.29 is 13.2 Å². The van der Waals surface area contributed by atoms with E-state index in [0.717, 1.165) is 16.5 Å². The average Bonchev–Trinajstić information content (AvgIpc) is 2.71. The molecule has 1 N–H and O–H groups in total. The molecule has 3 aromatic rings. The Kier molecular flexibility index (Phi) is 5.76. The van der Waals surface area contributed by atoms with Crippen molar-refractivity contribution in [3.8, 4) is 0 Å². The van der Waals surface area contributed by atoms with Crippen molar-refractivity contribution in [2.45, 2.75) is 31.3 Å². The van der Waals surface area contributed by atoms with Crippen molar-refractivity contribution in [1.82, 2.24) is 14.6 Å².